The van der Waals surface area contributed by atoms with Crippen LogP contribution in [0.4, 0.5) is 0 Å². The summed E-state index contributed by atoms with van der Waals surface area (Å²) < 4.78 is 29.2. The molecule has 1 unspecified atom stereocenters. The number of hydrogen-bond donors (Lipinski definition) is 24. The number of aromatic amines is 1. The first kappa shape index (κ1) is 99.2. The summed E-state index contributed by atoms with van der Waals surface area (Å²) >= 11 is 0. The van der Waals surface area contributed by atoms with Gasteiger partial charge in [-0.15, -0.1) is 0 Å². The largest absolute Gasteiger partial charge is 0.508 e. The van der Waals surface area contributed by atoms with E-state index in [2.05, 4.69) is 88.3 Å². The van der Waals surface area contributed by atoms with Crippen molar-refractivity contribution in [1.29, 1.82) is 0 Å². The van der Waals surface area contributed by atoms with Crippen molar-refractivity contribution in [3.63, 3.8) is 0 Å². The monoisotopic (exact) mass is 1670 g/mol. The minimum atomic E-state index is -5.44. The number of guanidine groups is 2. The highest BCUT2D eigenvalue weighted by Crippen LogP contribution is 2.35. The summed E-state index contributed by atoms with van der Waals surface area (Å²) in [5.41, 5.74) is 40.4. The number of aliphatic hydroxyl groups is 1. The van der Waals surface area contributed by atoms with E-state index in [0.717, 1.165) is 0 Å². The number of hydrogen-bond acceptors (Lipinski definition) is 24. The average Bonchev–Trinajstić information content (AvgIpc) is 1.69. The number of aliphatic hydroxyl groups excluding tert-OH is 1. The van der Waals surface area contributed by atoms with Crippen LogP contribution in [0.3, 0.4) is 0 Å². The second kappa shape index (κ2) is 51.7. The van der Waals surface area contributed by atoms with E-state index in [0.29, 0.717) is 43.4 Å². The van der Waals surface area contributed by atoms with Crippen molar-refractivity contribution in [1.82, 2.24) is 78.7 Å². The van der Waals surface area contributed by atoms with Crippen molar-refractivity contribution in [2.24, 2.45) is 62.0 Å². The summed E-state index contributed by atoms with van der Waals surface area (Å²) in [6, 6.07) is -12.3. The summed E-state index contributed by atoms with van der Waals surface area (Å²) in [5, 5.41) is 50.9. The molecule has 646 valence electrons. The number of imidazole rings is 1. The number of amides is 13. The van der Waals surface area contributed by atoms with Crippen LogP contribution >= 0.6 is 7.82 Å². The molecule has 14 atom stereocenters. The molecule has 3 rings (SSSR count). The van der Waals surface area contributed by atoms with Crippen molar-refractivity contribution in [2.75, 3.05) is 71.5 Å². The number of carbonyl (C=O) groups is 13. The van der Waals surface area contributed by atoms with Gasteiger partial charge in [-0.25, -0.2) is 9.55 Å². The lowest BCUT2D eigenvalue weighted by Gasteiger charge is -2.30. The number of carbonyl (C=O) groups excluding carboxylic acids is 13. The van der Waals surface area contributed by atoms with E-state index in [4.69, 9.17) is 40.1 Å². The predicted octanol–water partition coefficient (Wildman–Crippen LogP) is -8.13. The summed E-state index contributed by atoms with van der Waals surface area (Å²) in [4.78, 5) is 218. The van der Waals surface area contributed by atoms with E-state index in [1.54, 1.807) is 20.8 Å². The van der Waals surface area contributed by atoms with Gasteiger partial charge in [0.15, 0.2) is 11.9 Å². The van der Waals surface area contributed by atoms with Crippen LogP contribution in [0, 0.1) is 11.8 Å². The minimum absolute atomic E-state index is 0.00136. The number of likely N-dealkylation sites (tertiary alicyclic amines) is 1. The normalized spacial score (nSPS) is 16.0. The fraction of sp³-hybridized carbons (Fsp3) is 0.652. The number of rotatable bonds is 54. The number of benzene rings is 1. The Labute approximate surface area is 669 Å². The highest BCUT2D eigenvalue weighted by Gasteiger charge is 2.41. The van der Waals surface area contributed by atoms with Crippen LogP contribution in [-0.2, 0) is 95.1 Å². The second-order valence-corrected chi connectivity index (χ2v) is 30.7. The maximum Gasteiger partial charge on any atom is 0.469 e. The Balaban J connectivity index is 1.94. The number of phenols is 1. The van der Waals surface area contributed by atoms with Crippen molar-refractivity contribution >= 4 is 107 Å². The quantitative estimate of drug-likeness (QED) is 0.0127. The summed E-state index contributed by atoms with van der Waals surface area (Å²) in [6.07, 6.45) is 5.42. The zero-order chi connectivity index (χ0) is 86.1. The molecule has 1 aliphatic heterocycles. The van der Waals surface area contributed by atoms with Crippen LogP contribution in [0.15, 0.2) is 46.8 Å². The Morgan fingerprint density at radius 3 is 1.62 bits per heavy atom. The summed E-state index contributed by atoms with van der Waals surface area (Å²) in [5.74, 6) is -14.0. The lowest BCUT2D eigenvalue weighted by Crippen LogP contribution is -2.62. The summed E-state index contributed by atoms with van der Waals surface area (Å²) in [6.45, 7) is 3.73. The van der Waals surface area contributed by atoms with Crippen molar-refractivity contribution in [3.05, 3.63) is 48.0 Å². The van der Waals surface area contributed by atoms with Gasteiger partial charge in [0.25, 0.3) is 0 Å². The molecule has 31 N–H and O–H groups in total. The van der Waals surface area contributed by atoms with Crippen LogP contribution in [0.25, 0.3) is 0 Å². The minimum Gasteiger partial charge on any atom is -0.508 e. The fourth-order valence-electron chi connectivity index (χ4n) is 11.7. The molecule has 115 heavy (non-hydrogen) atoms. The number of phosphoric acid groups is 1. The fourth-order valence-corrected chi connectivity index (χ4v) is 12.6. The van der Waals surface area contributed by atoms with Gasteiger partial charge in [0, 0.05) is 74.2 Å². The van der Waals surface area contributed by atoms with Crippen molar-refractivity contribution < 1.29 is 95.6 Å². The first-order valence-corrected chi connectivity index (χ1v) is 41.1. The maximum atomic E-state index is 14.6. The summed E-state index contributed by atoms with van der Waals surface area (Å²) in [7, 11) is -5.57. The van der Waals surface area contributed by atoms with E-state index < -0.39 is 194 Å². The number of aliphatic imine (C=N–C) groups is 2. The Morgan fingerprint density at radius 2 is 1.11 bits per heavy atom. The number of unbranched alkanes of at least 4 members (excludes halogenated alkanes) is 2. The zero-order valence-electron chi connectivity index (χ0n) is 65.7. The third-order valence-electron chi connectivity index (χ3n) is 18.4. The van der Waals surface area contributed by atoms with E-state index in [1.807, 2.05) is 6.92 Å². The van der Waals surface area contributed by atoms with Crippen LogP contribution in [-0.4, -0.2) is 272 Å². The number of nitrogens with one attached hydrogen (secondary N) is 13. The molecule has 0 aliphatic carbocycles. The van der Waals surface area contributed by atoms with E-state index >= 15 is 0 Å². The highest BCUT2D eigenvalue weighted by molar-refractivity contribution is 7.84. The van der Waals surface area contributed by atoms with Gasteiger partial charge >= 0.3 is 7.82 Å². The van der Waals surface area contributed by atoms with Gasteiger partial charge in [-0.05, 0) is 126 Å². The Morgan fingerprint density at radius 1 is 0.626 bits per heavy atom. The molecule has 44 nitrogen and oxygen atoms in total. The molecular formula is C69H119N24O20PS. The van der Waals surface area contributed by atoms with Gasteiger partial charge in [0.1, 0.15) is 72.2 Å². The molecular weight excluding hydrogens is 1550 g/mol. The van der Waals surface area contributed by atoms with E-state index in [9.17, 15) is 91.1 Å². The lowest BCUT2D eigenvalue weighted by molar-refractivity contribution is -0.142. The van der Waals surface area contributed by atoms with Crippen molar-refractivity contribution in [3.8, 4) is 5.75 Å². The van der Waals surface area contributed by atoms with Crippen LogP contribution in [0.2, 0.25) is 0 Å². The van der Waals surface area contributed by atoms with Crippen molar-refractivity contribution in [2.45, 2.75) is 203 Å². The van der Waals surface area contributed by atoms with Gasteiger partial charge < -0.3 is 134 Å². The number of phenolic OH excluding ortho intramolecular Hbond substituents is 1. The third kappa shape index (κ3) is 37.0. The van der Waals surface area contributed by atoms with Gasteiger partial charge in [-0.3, -0.25) is 81.0 Å². The van der Waals surface area contributed by atoms with Gasteiger partial charge in [-0.2, -0.15) is 0 Å². The molecule has 1 fully saturated rings. The highest BCUT2D eigenvalue weighted by atomic mass is 32.2. The number of nitrogens with two attached hydrogens (primary N) is 7. The number of nitrogens with zero attached hydrogens (tertiary/aromatic N) is 4. The van der Waals surface area contributed by atoms with Crippen LogP contribution in [0.1, 0.15) is 129 Å². The van der Waals surface area contributed by atoms with E-state index in [1.165, 1.54) is 55.0 Å². The number of aromatic nitrogens is 2. The van der Waals surface area contributed by atoms with Crippen LogP contribution in [0.5, 0.6) is 5.75 Å². The standard InChI is InChI=1S/C69H119N24O20PS/c1-7-39(4)54(72)65(106)88-49(32-41-33-78-37-82-41)62(103)86-46(24-30-115(6)112)60(101)92-55(38(2)3)66(107)89-48(31-40-20-22-42(95)23-21-40)61(102)90-50(35-94)63(104)85-44(15-8-10-25-70)58(99)84-45(18-13-28-80-69(75)76)59(100)91-51(36-113-114(109,110)111)57(98)81-34-53(96)83-47(16-9-11-26-71)67(108)93-29-14-19-52(93)64(105)87-43(56(97)77-5)17-12-27-79-68(73)74/h20-23,33,37-39,43-52,54-55,94-95H,7-19,24-32,34-36,70-72H2,1-6H3,(H,77,97)(H,78,82)(H,81,98)(H,83,96)(H,84,99)(H,85,104)(H,86,103)(H,87,105)(H,88,106)(H,89,107)(H,90,102)(H,91,100)(H,92,101)(H4,73,74,79)(H4,75,76,80)(H2,109,110,111)/t39-,43-,44-,45-,46-,47-,48-,49-,50-,51-,52-,54-,55-,115?/m0/s1. The van der Waals surface area contributed by atoms with Gasteiger partial charge in [0.2, 0.25) is 76.8 Å². The molecule has 1 saturated heterocycles. The maximum absolute atomic E-state index is 14.6. The Hall–Kier alpha value is -10.0. The van der Waals surface area contributed by atoms with Gasteiger partial charge in [-0.1, -0.05) is 46.2 Å². The molecule has 13 amide bonds. The topological polar surface area (TPSA) is 729 Å². The Kier molecular flexibility index (Phi) is 44.6. The lowest BCUT2D eigenvalue weighted by atomic mass is 9.98. The smallest absolute Gasteiger partial charge is 0.469 e. The molecule has 0 bridgehead atoms. The molecule has 2 heterocycles. The SMILES string of the molecule is CC[C@H](C)[C@H](N)C(=O)N[C@@H](Cc1cnc[nH]1)C(=O)N[C@@H](CCS(C)=O)C(=O)N[C@H](C(=O)N[C@@H](Cc1ccc(O)cc1)C(=O)N[C@@H](CO)C(=O)N[C@@H](CCCCN)C(=O)N[C@@H](CCCN=C(N)N)C(=O)N[C@@H](COP(=O)(O)O)C(=O)NCC(=O)N[C@@H](CCCCN)C(=O)N1CCC[C@H]1C(=O)N[C@@H](CCCN=C(N)N)C(=O)NC)C(C)C. The molecule has 1 aliphatic rings. The van der Waals surface area contributed by atoms with Gasteiger partial charge in [0.05, 0.1) is 32.1 Å². The average molecular weight is 1670 g/mol. The first-order valence-electron chi connectivity index (χ1n) is 37.8. The molecule has 1 aromatic heterocycles. The molecule has 2 aromatic rings. The molecule has 0 saturated carbocycles. The van der Waals surface area contributed by atoms with E-state index in [-0.39, 0.29) is 133 Å². The first-order chi connectivity index (χ1) is 54.4. The zero-order valence-corrected chi connectivity index (χ0v) is 67.4. The molecule has 46 heteroatoms. The molecule has 1 aromatic carbocycles. The predicted molar refractivity (Wildman–Crippen MR) is 422 cm³/mol. The molecule has 0 spiro atoms. The number of phosphoric ester groups is 1. The number of H-pyrrole nitrogens is 1. The van der Waals surface area contributed by atoms with Crippen LogP contribution < -0.4 is 104 Å². The Bertz CT molecular complexity index is 3650. The second-order valence-electron chi connectivity index (χ2n) is 27.9. The number of likely N-dealkylation sites (N-methyl/N-ethyl adjacent to an activating group) is 1. The third-order valence-corrected chi connectivity index (χ3v) is 19.7. The molecule has 0 radical (unpaired) electrons. The number of aromatic hydroxyl groups is 1.